The van der Waals surface area contributed by atoms with E-state index in [4.69, 9.17) is 5.11 Å². The molecule has 0 fully saturated rings. The second-order valence-electron chi connectivity index (χ2n) is 5.78. The fourth-order valence-corrected chi connectivity index (χ4v) is 3.46. The van der Waals surface area contributed by atoms with Gasteiger partial charge in [0.25, 0.3) is 0 Å². The molecule has 118 valence electrons. The van der Waals surface area contributed by atoms with Crippen LogP contribution in [-0.4, -0.2) is 25.0 Å². The van der Waals surface area contributed by atoms with Gasteiger partial charge in [-0.1, -0.05) is 25.5 Å². The van der Waals surface area contributed by atoms with Gasteiger partial charge in [0.1, 0.15) is 0 Å². The SMILES string of the molecule is CCCc1ccc(S(=O)(=O)NC(C)(C)CCC(=O)O)cc1. The summed E-state index contributed by atoms with van der Waals surface area (Å²) < 4.78 is 27.2. The Morgan fingerprint density at radius 1 is 1.24 bits per heavy atom. The molecule has 0 radical (unpaired) electrons. The molecular weight excluding hydrogens is 290 g/mol. The number of carboxylic acids is 1. The van der Waals surface area contributed by atoms with Crippen molar-refractivity contribution in [2.75, 3.05) is 0 Å². The van der Waals surface area contributed by atoms with Crippen LogP contribution in [0.1, 0.15) is 45.6 Å². The van der Waals surface area contributed by atoms with Crippen LogP contribution in [-0.2, 0) is 21.2 Å². The monoisotopic (exact) mass is 313 g/mol. The lowest BCUT2D eigenvalue weighted by atomic mass is 10.0. The first kappa shape index (κ1) is 17.7. The predicted octanol–water partition coefficient (Wildman–Crippen LogP) is 2.56. The van der Waals surface area contributed by atoms with Crippen molar-refractivity contribution in [3.63, 3.8) is 0 Å². The highest BCUT2D eigenvalue weighted by atomic mass is 32.2. The van der Waals surface area contributed by atoms with Gasteiger partial charge in [-0.05, 0) is 44.4 Å². The highest BCUT2D eigenvalue weighted by Gasteiger charge is 2.26. The molecule has 1 aromatic carbocycles. The Hall–Kier alpha value is -1.40. The second kappa shape index (κ2) is 7.04. The van der Waals surface area contributed by atoms with Gasteiger partial charge in [0, 0.05) is 12.0 Å². The molecule has 0 unspecified atom stereocenters. The van der Waals surface area contributed by atoms with Gasteiger partial charge in [0.05, 0.1) is 4.90 Å². The quantitative estimate of drug-likeness (QED) is 0.772. The minimum atomic E-state index is -3.64. The fraction of sp³-hybridized carbons (Fsp3) is 0.533. The smallest absolute Gasteiger partial charge is 0.303 e. The van der Waals surface area contributed by atoms with E-state index in [2.05, 4.69) is 11.6 Å². The Morgan fingerprint density at radius 2 is 1.81 bits per heavy atom. The molecule has 0 saturated carbocycles. The molecule has 6 heteroatoms. The van der Waals surface area contributed by atoms with Crippen LogP contribution < -0.4 is 4.72 Å². The summed E-state index contributed by atoms with van der Waals surface area (Å²) in [6, 6.07) is 6.78. The summed E-state index contributed by atoms with van der Waals surface area (Å²) >= 11 is 0. The fourth-order valence-electron chi connectivity index (χ4n) is 2.02. The second-order valence-corrected chi connectivity index (χ2v) is 7.46. The maximum absolute atomic E-state index is 12.3. The molecule has 0 aliphatic carbocycles. The van der Waals surface area contributed by atoms with Gasteiger partial charge in [0.15, 0.2) is 0 Å². The average molecular weight is 313 g/mol. The van der Waals surface area contributed by atoms with E-state index in [1.807, 2.05) is 12.1 Å². The third-order valence-corrected chi connectivity index (χ3v) is 4.86. The van der Waals surface area contributed by atoms with Gasteiger partial charge in [-0.2, -0.15) is 0 Å². The topological polar surface area (TPSA) is 83.5 Å². The van der Waals surface area contributed by atoms with Gasteiger partial charge in [0.2, 0.25) is 10.0 Å². The zero-order chi connectivity index (χ0) is 16.1. The molecule has 1 rings (SSSR count). The molecule has 0 amide bonds. The summed E-state index contributed by atoms with van der Waals surface area (Å²) in [7, 11) is -3.64. The van der Waals surface area contributed by atoms with Crippen molar-refractivity contribution >= 4 is 16.0 Å². The third-order valence-electron chi connectivity index (χ3n) is 3.15. The normalized spacial score (nSPS) is 12.3. The maximum atomic E-state index is 12.3. The van der Waals surface area contributed by atoms with E-state index in [0.717, 1.165) is 18.4 Å². The van der Waals surface area contributed by atoms with E-state index < -0.39 is 21.5 Å². The number of carboxylic acid groups (broad SMARTS) is 1. The summed E-state index contributed by atoms with van der Waals surface area (Å²) in [6.07, 6.45) is 2.07. The van der Waals surface area contributed by atoms with Crippen molar-refractivity contribution in [3.05, 3.63) is 29.8 Å². The summed E-state index contributed by atoms with van der Waals surface area (Å²) in [5, 5.41) is 8.70. The lowest BCUT2D eigenvalue weighted by Gasteiger charge is -2.25. The first-order valence-corrected chi connectivity index (χ1v) is 8.49. The lowest BCUT2D eigenvalue weighted by molar-refractivity contribution is -0.137. The standard InChI is InChI=1S/C15H23NO4S/c1-4-5-12-6-8-13(9-7-12)21(19,20)16-15(2,3)11-10-14(17)18/h6-9,16H,4-5,10-11H2,1-3H3,(H,17,18). The Kier molecular flexibility index (Phi) is 5.92. The highest BCUT2D eigenvalue weighted by Crippen LogP contribution is 2.18. The molecule has 0 heterocycles. The Morgan fingerprint density at radius 3 is 2.29 bits per heavy atom. The number of benzene rings is 1. The Balaban J connectivity index is 2.82. The first-order valence-electron chi connectivity index (χ1n) is 7.01. The number of hydrogen-bond acceptors (Lipinski definition) is 3. The molecular formula is C15H23NO4S. The molecule has 1 aromatic rings. The van der Waals surface area contributed by atoms with Crippen LogP contribution in [0.15, 0.2) is 29.2 Å². The molecule has 0 aliphatic rings. The number of nitrogens with one attached hydrogen (secondary N) is 1. The highest BCUT2D eigenvalue weighted by molar-refractivity contribution is 7.89. The van der Waals surface area contributed by atoms with Crippen molar-refractivity contribution < 1.29 is 18.3 Å². The molecule has 0 aliphatic heterocycles. The maximum Gasteiger partial charge on any atom is 0.303 e. The van der Waals surface area contributed by atoms with Gasteiger partial charge < -0.3 is 5.11 Å². The third kappa shape index (κ3) is 5.85. The first-order chi connectivity index (χ1) is 9.66. The molecule has 2 N–H and O–H groups in total. The minimum Gasteiger partial charge on any atom is -0.481 e. The molecule has 0 atom stereocenters. The van der Waals surface area contributed by atoms with Crippen LogP contribution in [0.25, 0.3) is 0 Å². The van der Waals surface area contributed by atoms with Crippen molar-refractivity contribution in [1.29, 1.82) is 0 Å². The summed E-state index contributed by atoms with van der Waals surface area (Å²) in [6.45, 7) is 5.43. The number of sulfonamides is 1. The summed E-state index contributed by atoms with van der Waals surface area (Å²) in [5.74, 6) is -0.939. The van der Waals surface area contributed by atoms with E-state index in [-0.39, 0.29) is 17.7 Å². The van der Waals surface area contributed by atoms with E-state index in [9.17, 15) is 13.2 Å². The number of rotatable bonds is 8. The van der Waals surface area contributed by atoms with Crippen molar-refractivity contribution in [2.24, 2.45) is 0 Å². The van der Waals surface area contributed by atoms with Crippen LogP contribution in [0.4, 0.5) is 0 Å². The minimum absolute atomic E-state index is 0.0784. The van der Waals surface area contributed by atoms with Crippen LogP contribution in [0.2, 0.25) is 0 Å². The number of aliphatic carboxylic acids is 1. The number of carbonyl (C=O) groups is 1. The Bertz CT molecular complexity index is 576. The van der Waals surface area contributed by atoms with Crippen LogP contribution in [0.5, 0.6) is 0 Å². The van der Waals surface area contributed by atoms with Gasteiger partial charge in [-0.25, -0.2) is 13.1 Å². The zero-order valence-electron chi connectivity index (χ0n) is 12.7. The number of aryl methyl sites for hydroxylation is 1. The zero-order valence-corrected chi connectivity index (χ0v) is 13.5. The van der Waals surface area contributed by atoms with Gasteiger partial charge in [-0.15, -0.1) is 0 Å². The Labute approximate surface area is 126 Å². The van der Waals surface area contributed by atoms with Crippen molar-refractivity contribution in [2.45, 2.75) is 56.9 Å². The van der Waals surface area contributed by atoms with E-state index in [1.165, 1.54) is 0 Å². The van der Waals surface area contributed by atoms with Gasteiger partial charge in [-0.3, -0.25) is 4.79 Å². The number of hydrogen-bond donors (Lipinski definition) is 2. The van der Waals surface area contributed by atoms with Gasteiger partial charge >= 0.3 is 5.97 Å². The molecule has 5 nitrogen and oxygen atoms in total. The van der Waals surface area contributed by atoms with E-state index >= 15 is 0 Å². The van der Waals surface area contributed by atoms with Crippen LogP contribution >= 0.6 is 0 Å². The van der Waals surface area contributed by atoms with E-state index in [1.54, 1.807) is 26.0 Å². The van der Waals surface area contributed by atoms with Crippen molar-refractivity contribution in [3.8, 4) is 0 Å². The molecule has 0 spiro atoms. The van der Waals surface area contributed by atoms with Crippen molar-refractivity contribution in [1.82, 2.24) is 4.72 Å². The molecule has 0 aromatic heterocycles. The largest absolute Gasteiger partial charge is 0.481 e. The molecule has 0 saturated heterocycles. The van der Waals surface area contributed by atoms with Crippen LogP contribution in [0, 0.1) is 0 Å². The van der Waals surface area contributed by atoms with Crippen LogP contribution in [0.3, 0.4) is 0 Å². The molecule has 0 bridgehead atoms. The molecule has 21 heavy (non-hydrogen) atoms. The summed E-state index contributed by atoms with van der Waals surface area (Å²) in [4.78, 5) is 10.8. The summed E-state index contributed by atoms with van der Waals surface area (Å²) in [5.41, 5.74) is 0.292. The van der Waals surface area contributed by atoms with E-state index in [0.29, 0.717) is 0 Å². The lowest BCUT2D eigenvalue weighted by Crippen LogP contribution is -2.43. The predicted molar refractivity (Wildman–Crippen MR) is 81.7 cm³/mol. The average Bonchev–Trinajstić information content (AvgIpc) is 2.36.